The maximum atomic E-state index is 4.79. The zero-order chi connectivity index (χ0) is 13.0. The monoisotopic (exact) mass is 243 g/mol. The van der Waals surface area contributed by atoms with Gasteiger partial charge in [0, 0.05) is 11.4 Å². The Balaban J connectivity index is 2.06. The molecule has 2 bridgehead atoms. The first-order valence-corrected chi connectivity index (χ1v) is 7.45. The number of aryl methyl sites for hydroxylation is 2. The maximum absolute atomic E-state index is 4.79. The van der Waals surface area contributed by atoms with E-state index in [0.29, 0.717) is 0 Å². The molecule has 1 nitrogen and oxygen atoms in total. The van der Waals surface area contributed by atoms with Gasteiger partial charge in [0.15, 0.2) is 0 Å². The minimum atomic E-state index is 0.797. The normalized spacial score (nSPS) is 34.3. The minimum absolute atomic E-state index is 0.797. The van der Waals surface area contributed by atoms with E-state index in [4.69, 9.17) is 4.98 Å². The molecule has 0 N–H and O–H groups in total. The summed E-state index contributed by atoms with van der Waals surface area (Å²) in [5, 5.41) is 0. The zero-order valence-corrected chi connectivity index (χ0v) is 12.4. The Morgan fingerprint density at radius 2 is 1.67 bits per heavy atom. The van der Waals surface area contributed by atoms with Crippen molar-refractivity contribution in [1.29, 1.82) is 0 Å². The molecule has 18 heavy (non-hydrogen) atoms. The van der Waals surface area contributed by atoms with Crippen molar-refractivity contribution in [3.8, 4) is 0 Å². The number of pyridine rings is 1. The van der Waals surface area contributed by atoms with Crippen molar-refractivity contribution in [2.75, 3.05) is 0 Å². The Kier molecular flexibility index (Phi) is 2.76. The lowest BCUT2D eigenvalue weighted by atomic mass is 9.79. The fourth-order valence-corrected chi connectivity index (χ4v) is 4.70. The van der Waals surface area contributed by atoms with Crippen LogP contribution in [0.5, 0.6) is 0 Å². The summed E-state index contributed by atoms with van der Waals surface area (Å²) >= 11 is 0. The second-order valence-corrected chi connectivity index (χ2v) is 6.65. The van der Waals surface area contributed by atoms with Gasteiger partial charge < -0.3 is 0 Å². The molecule has 0 spiro atoms. The zero-order valence-electron chi connectivity index (χ0n) is 12.4. The van der Waals surface area contributed by atoms with E-state index in [0.717, 1.165) is 23.7 Å². The summed E-state index contributed by atoms with van der Waals surface area (Å²) < 4.78 is 0. The molecule has 1 heterocycles. The fraction of sp³-hybridized carbons (Fsp3) is 0.706. The van der Waals surface area contributed by atoms with Crippen LogP contribution in [0.4, 0.5) is 0 Å². The third-order valence-corrected chi connectivity index (χ3v) is 5.97. The highest BCUT2D eigenvalue weighted by Gasteiger charge is 2.46. The molecule has 1 aromatic rings. The average Bonchev–Trinajstić information content (AvgIpc) is 2.82. The first kappa shape index (κ1) is 12.2. The highest BCUT2D eigenvalue weighted by atomic mass is 14.7. The van der Waals surface area contributed by atoms with Gasteiger partial charge in [0.2, 0.25) is 0 Å². The molecule has 0 radical (unpaired) electrons. The third kappa shape index (κ3) is 1.56. The van der Waals surface area contributed by atoms with Gasteiger partial charge in [-0.15, -0.1) is 0 Å². The average molecular weight is 243 g/mol. The van der Waals surface area contributed by atoms with Crippen molar-refractivity contribution in [3.63, 3.8) is 0 Å². The molecule has 3 unspecified atom stereocenters. The van der Waals surface area contributed by atoms with Gasteiger partial charge in [0.05, 0.1) is 0 Å². The summed E-state index contributed by atoms with van der Waals surface area (Å²) in [6, 6.07) is 0. The minimum Gasteiger partial charge on any atom is -0.258 e. The predicted octanol–water partition coefficient (Wildman–Crippen LogP) is 4.46. The molecule has 2 aliphatic rings. The van der Waals surface area contributed by atoms with Gasteiger partial charge in [-0.05, 0) is 87.3 Å². The molecule has 98 valence electrons. The van der Waals surface area contributed by atoms with Gasteiger partial charge in [0.25, 0.3) is 0 Å². The van der Waals surface area contributed by atoms with Gasteiger partial charge in [0.1, 0.15) is 0 Å². The summed E-state index contributed by atoms with van der Waals surface area (Å²) in [5.74, 6) is 3.65. The van der Waals surface area contributed by atoms with Crippen LogP contribution in [0.2, 0.25) is 0 Å². The number of nitrogens with zero attached hydrogens (tertiary/aromatic N) is 1. The molecule has 0 saturated heterocycles. The third-order valence-electron chi connectivity index (χ3n) is 5.97. The molecule has 3 rings (SSSR count). The largest absolute Gasteiger partial charge is 0.258 e. The van der Waals surface area contributed by atoms with E-state index < -0.39 is 0 Å². The molecule has 4 atom stereocenters. The van der Waals surface area contributed by atoms with E-state index in [9.17, 15) is 0 Å². The van der Waals surface area contributed by atoms with Gasteiger partial charge in [-0.2, -0.15) is 0 Å². The lowest BCUT2D eigenvalue weighted by Crippen LogP contribution is -2.15. The van der Waals surface area contributed by atoms with Crippen LogP contribution in [0.1, 0.15) is 60.2 Å². The van der Waals surface area contributed by atoms with Crippen LogP contribution in [0, 0.1) is 45.4 Å². The molecular weight excluding hydrogens is 218 g/mol. The Bertz CT molecular complexity index is 489. The molecular formula is C17H25N. The van der Waals surface area contributed by atoms with E-state index in [1.165, 1.54) is 41.8 Å². The van der Waals surface area contributed by atoms with Crippen LogP contribution in [0.3, 0.4) is 0 Å². The van der Waals surface area contributed by atoms with Crippen LogP contribution < -0.4 is 0 Å². The van der Waals surface area contributed by atoms with Crippen LogP contribution >= 0.6 is 0 Å². The summed E-state index contributed by atoms with van der Waals surface area (Å²) in [4.78, 5) is 4.79. The van der Waals surface area contributed by atoms with Crippen LogP contribution in [0.25, 0.3) is 0 Å². The molecule has 2 aliphatic carbocycles. The van der Waals surface area contributed by atoms with Crippen molar-refractivity contribution in [3.05, 3.63) is 28.1 Å². The Hall–Kier alpha value is -0.850. The van der Waals surface area contributed by atoms with Crippen LogP contribution in [-0.2, 0) is 0 Å². The first-order valence-electron chi connectivity index (χ1n) is 7.45. The number of aromatic nitrogens is 1. The van der Waals surface area contributed by atoms with Crippen molar-refractivity contribution >= 4 is 0 Å². The molecule has 0 amide bonds. The van der Waals surface area contributed by atoms with Gasteiger partial charge in [-0.1, -0.05) is 6.92 Å². The molecule has 0 aliphatic heterocycles. The van der Waals surface area contributed by atoms with Crippen molar-refractivity contribution < 1.29 is 0 Å². The standard InChI is InChI=1S/C17H25N/c1-9-10(2)17(13(5)18-12(9)4)16-8-14-6-7-15(16)11(14)3/h11,14-16H,6-8H2,1-5H3/t11?,14?,15?,16-/m0/s1. The molecule has 1 heteroatoms. The molecule has 2 saturated carbocycles. The van der Waals surface area contributed by atoms with Crippen LogP contribution in [0.15, 0.2) is 0 Å². The van der Waals surface area contributed by atoms with Gasteiger partial charge in [-0.25, -0.2) is 0 Å². The topological polar surface area (TPSA) is 12.9 Å². The summed E-state index contributed by atoms with van der Waals surface area (Å²) in [6.45, 7) is 11.4. The highest BCUT2D eigenvalue weighted by molar-refractivity contribution is 5.41. The summed E-state index contributed by atoms with van der Waals surface area (Å²) in [7, 11) is 0. The van der Waals surface area contributed by atoms with Gasteiger partial charge >= 0.3 is 0 Å². The molecule has 1 aromatic heterocycles. The number of hydrogen-bond donors (Lipinski definition) is 0. The number of rotatable bonds is 1. The van der Waals surface area contributed by atoms with E-state index in [1.807, 2.05) is 0 Å². The highest BCUT2D eigenvalue weighted by Crippen LogP contribution is 2.57. The quantitative estimate of drug-likeness (QED) is 0.709. The number of fused-ring (bicyclic) bond motifs is 2. The van der Waals surface area contributed by atoms with Crippen molar-refractivity contribution in [1.82, 2.24) is 4.98 Å². The summed E-state index contributed by atoms with van der Waals surface area (Å²) in [5.41, 5.74) is 7.03. The van der Waals surface area contributed by atoms with E-state index >= 15 is 0 Å². The molecule has 2 fully saturated rings. The number of hydrogen-bond acceptors (Lipinski definition) is 1. The van der Waals surface area contributed by atoms with E-state index in [-0.39, 0.29) is 0 Å². The first-order chi connectivity index (χ1) is 8.50. The second-order valence-electron chi connectivity index (χ2n) is 6.65. The van der Waals surface area contributed by atoms with Crippen molar-refractivity contribution in [2.24, 2.45) is 17.8 Å². The predicted molar refractivity (Wildman–Crippen MR) is 75.9 cm³/mol. The van der Waals surface area contributed by atoms with Crippen molar-refractivity contribution in [2.45, 2.75) is 59.8 Å². The lowest BCUT2D eigenvalue weighted by molar-refractivity contribution is 0.405. The summed E-state index contributed by atoms with van der Waals surface area (Å²) in [6.07, 6.45) is 4.33. The smallest absolute Gasteiger partial charge is 0.0413 e. The van der Waals surface area contributed by atoms with E-state index in [1.54, 1.807) is 5.56 Å². The maximum Gasteiger partial charge on any atom is 0.0413 e. The molecule has 0 aromatic carbocycles. The SMILES string of the molecule is Cc1nc(C)c([C@H]2CC3CCC2C3C)c(C)c1C. The van der Waals surface area contributed by atoms with Gasteiger partial charge in [-0.3, -0.25) is 4.98 Å². The Morgan fingerprint density at radius 1 is 0.944 bits per heavy atom. The lowest BCUT2D eigenvalue weighted by Gasteiger charge is -2.26. The van der Waals surface area contributed by atoms with Crippen LogP contribution in [-0.4, -0.2) is 4.98 Å². The second kappa shape index (κ2) is 4.08. The fourth-order valence-electron chi connectivity index (χ4n) is 4.70. The van der Waals surface area contributed by atoms with E-state index in [2.05, 4.69) is 34.6 Å². The Morgan fingerprint density at radius 3 is 2.22 bits per heavy atom. The Labute approximate surface area is 111 Å².